The second-order valence-corrected chi connectivity index (χ2v) is 10.2. The van der Waals surface area contributed by atoms with E-state index in [0.29, 0.717) is 33.3 Å². The van der Waals surface area contributed by atoms with Crippen molar-refractivity contribution in [3.63, 3.8) is 0 Å². The van der Waals surface area contributed by atoms with Gasteiger partial charge in [0.15, 0.2) is 11.4 Å². The van der Waals surface area contributed by atoms with Gasteiger partial charge in [0, 0.05) is 16.8 Å². The monoisotopic (exact) mass is 541 g/mol. The van der Waals surface area contributed by atoms with Gasteiger partial charge in [0.2, 0.25) is 10.0 Å². The predicted molar refractivity (Wildman–Crippen MR) is 147 cm³/mol. The van der Waals surface area contributed by atoms with Crippen molar-refractivity contribution < 1.29 is 22.5 Å². The number of hydrogen-bond donors (Lipinski definition) is 4. The summed E-state index contributed by atoms with van der Waals surface area (Å²) in [6.45, 7) is 0. The van der Waals surface area contributed by atoms with E-state index >= 15 is 0 Å². The molecule has 0 bridgehead atoms. The zero-order valence-corrected chi connectivity index (χ0v) is 21.2. The van der Waals surface area contributed by atoms with E-state index in [1.165, 1.54) is 6.07 Å². The average Bonchev–Trinajstić information content (AvgIpc) is 3.31. The maximum Gasteiger partial charge on any atom is 0.252 e. The Morgan fingerprint density at radius 3 is 2.28 bits per heavy atom. The van der Waals surface area contributed by atoms with Gasteiger partial charge in [0.25, 0.3) is 11.8 Å². The van der Waals surface area contributed by atoms with Crippen molar-refractivity contribution in [1.29, 1.82) is 0 Å². The lowest BCUT2D eigenvalue weighted by molar-refractivity contribution is -0.118. The van der Waals surface area contributed by atoms with Crippen LogP contribution >= 0.6 is 0 Å². The predicted octanol–water partition coefficient (Wildman–Crippen LogP) is 3.83. The number of rotatable bonds is 7. The van der Waals surface area contributed by atoms with Crippen LogP contribution in [0.1, 0.15) is 22.0 Å². The molecule has 10 nitrogen and oxygen atoms in total. The van der Waals surface area contributed by atoms with Crippen LogP contribution in [0.5, 0.6) is 0 Å². The van der Waals surface area contributed by atoms with Gasteiger partial charge in [-0.1, -0.05) is 65.8 Å². The summed E-state index contributed by atoms with van der Waals surface area (Å²) >= 11 is 0. The summed E-state index contributed by atoms with van der Waals surface area (Å²) in [5.74, 6) is -0.804. The number of carbonyl (C=O) groups is 2. The van der Waals surface area contributed by atoms with Crippen LogP contribution in [0.15, 0.2) is 106 Å². The van der Waals surface area contributed by atoms with Crippen LogP contribution < -0.4 is 21.5 Å². The number of benzene rings is 4. The molecule has 4 aromatic carbocycles. The fraction of sp³-hybridized carbons (Fsp3) is 0.0357. The topological polar surface area (TPSA) is 170 Å². The summed E-state index contributed by atoms with van der Waals surface area (Å²) in [4.78, 5) is 26.5. The molecule has 0 unspecified atom stereocenters. The average molecular weight is 542 g/mol. The highest BCUT2D eigenvalue weighted by molar-refractivity contribution is 7.89. The molecule has 39 heavy (non-hydrogen) atoms. The number of hydrogen-bond acceptors (Lipinski definition) is 7. The quantitative estimate of drug-likeness (QED) is 0.242. The first kappa shape index (κ1) is 25.6. The van der Waals surface area contributed by atoms with E-state index in [9.17, 15) is 18.0 Å². The van der Waals surface area contributed by atoms with Gasteiger partial charge in [-0.2, -0.15) is 0 Å². The van der Waals surface area contributed by atoms with Gasteiger partial charge in [-0.3, -0.25) is 9.59 Å². The van der Waals surface area contributed by atoms with E-state index in [0.717, 1.165) is 0 Å². The Morgan fingerprint density at radius 1 is 0.872 bits per heavy atom. The number of nitrogens with one attached hydrogen (secondary N) is 2. The van der Waals surface area contributed by atoms with E-state index in [1.807, 2.05) is 0 Å². The summed E-state index contributed by atoms with van der Waals surface area (Å²) in [5, 5.41) is 15.1. The van der Waals surface area contributed by atoms with E-state index < -0.39 is 27.9 Å². The molecular formula is C28H23N5O5S. The lowest BCUT2D eigenvalue weighted by Gasteiger charge is -2.19. The number of primary sulfonamides is 1. The van der Waals surface area contributed by atoms with Gasteiger partial charge in [0.05, 0.1) is 10.3 Å². The highest BCUT2D eigenvalue weighted by atomic mass is 32.2. The minimum atomic E-state index is -3.92. The van der Waals surface area contributed by atoms with Crippen LogP contribution in [0.25, 0.3) is 22.1 Å². The first-order valence-corrected chi connectivity index (χ1v) is 13.3. The molecule has 0 saturated carbocycles. The van der Waals surface area contributed by atoms with Crippen LogP contribution in [-0.4, -0.2) is 25.4 Å². The van der Waals surface area contributed by atoms with Crippen molar-refractivity contribution in [3.8, 4) is 11.1 Å². The number of nitrogen functional groups attached to an aromatic ring is 1. The second-order valence-electron chi connectivity index (χ2n) is 8.70. The molecule has 1 atom stereocenters. The van der Waals surface area contributed by atoms with Gasteiger partial charge < -0.3 is 20.9 Å². The fourth-order valence-electron chi connectivity index (χ4n) is 4.16. The summed E-state index contributed by atoms with van der Waals surface area (Å²) in [6.07, 6.45) is 0. The third-order valence-corrected chi connectivity index (χ3v) is 7.06. The SMILES string of the molecule is Nc1noc2ccc(C(=O)N[C@@H](C(=O)Nc3ccc(-c4ccccc4S(N)(=O)=O)cc3)c3ccccc3)cc12. The third-order valence-electron chi connectivity index (χ3n) is 6.09. The first-order chi connectivity index (χ1) is 18.7. The van der Waals surface area contributed by atoms with Crippen molar-refractivity contribution in [2.45, 2.75) is 10.9 Å². The van der Waals surface area contributed by atoms with Crippen molar-refractivity contribution >= 4 is 44.3 Å². The van der Waals surface area contributed by atoms with Gasteiger partial charge in [0.1, 0.15) is 6.04 Å². The molecule has 0 fully saturated rings. The van der Waals surface area contributed by atoms with Crippen LogP contribution in [0.2, 0.25) is 0 Å². The lowest BCUT2D eigenvalue weighted by atomic mass is 10.0. The van der Waals surface area contributed by atoms with E-state index in [1.54, 1.807) is 91.0 Å². The molecule has 1 heterocycles. The zero-order chi connectivity index (χ0) is 27.6. The molecule has 0 aliphatic rings. The summed E-state index contributed by atoms with van der Waals surface area (Å²) in [5.41, 5.74) is 8.61. The number of anilines is 2. The first-order valence-electron chi connectivity index (χ1n) is 11.7. The summed E-state index contributed by atoms with van der Waals surface area (Å²) < 4.78 is 29.0. The summed E-state index contributed by atoms with van der Waals surface area (Å²) in [6, 6.07) is 25.5. The molecule has 0 aliphatic carbocycles. The Balaban J connectivity index is 1.38. The standard InChI is InChI=1S/C28H23N5O5S/c29-26-22-16-19(12-15-23(22)38-33-26)27(34)32-25(18-6-2-1-3-7-18)28(35)31-20-13-10-17(11-14-20)21-8-4-5-9-24(21)39(30,36)37/h1-16,25H,(H2,29,33)(H,31,35)(H,32,34)(H2,30,36,37)/t25-/m1/s1. The molecule has 6 N–H and O–H groups in total. The van der Waals surface area contributed by atoms with E-state index in [2.05, 4.69) is 15.8 Å². The van der Waals surface area contributed by atoms with Gasteiger partial charge in [-0.25, -0.2) is 13.6 Å². The number of fused-ring (bicyclic) bond motifs is 1. The van der Waals surface area contributed by atoms with Crippen molar-refractivity contribution in [2.75, 3.05) is 11.1 Å². The molecule has 0 saturated heterocycles. The van der Waals surface area contributed by atoms with E-state index in [-0.39, 0.29) is 16.3 Å². The lowest BCUT2D eigenvalue weighted by Crippen LogP contribution is -2.37. The molecule has 196 valence electrons. The van der Waals surface area contributed by atoms with Gasteiger partial charge in [-0.05, 0) is 47.5 Å². The Morgan fingerprint density at radius 2 is 1.56 bits per heavy atom. The number of nitrogens with two attached hydrogens (primary N) is 2. The van der Waals surface area contributed by atoms with Gasteiger partial charge >= 0.3 is 0 Å². The molecule has 2 amide bonds. The molecule has 11 heteroatoms. The molecule has 0 aliphatic heterocycles. The van der Waals surface area contributed by atoms with Crippen LogP contribution in [-0.2, 0) is 14.8 Å². The molecular weight excluding hydrogens is 518 g/mol. The van der Waals surface area contributed by atoms with Gasteiger partial charge in [-0.15, -0.1) is 0 Å². The maximum absolute atomic E-state index is 13.4. The molecule has 1 aromatic heterocycles. The smallest absolute Gasteiger partial charge is 0.252 e. The Hall–Kier alpha value is -5.00. The number of nitrogens with zero attached hydrogens (tertiary/aromatic N) is 1. The number of sulfonamides is 1. The largest absolute Gasteiger partial charge is 0.380 e. The van der Waals surface area contributed by atoms with E-state index in [4.69, 9.17) is 15.4 Å². The molecule has 5 aromatic rings. The molecule has 0 radical (unpaired) electrons. The van der Waals surface area contributed by atoms with Crippen molar-refractivity contribution in [3.05, 3.63) is 108 Å². The fourth-order valence-corrected chi connectivity index (χ4v) is 4.92. The highest BCUT2D eigenvalue weighted by Gasteiger charge is 2.24. The van der Waals surface area contributed by atoms with Crippen molar-refractivity contribution in [2.24, 2.45) is 5.14 Å². The second kappa shape index (κ2) is 10.4. The number of aromatic nitrogens is 1. The normalized spacial score (nSPS) is 12.1. The number of carbonyl (C=O) groups excluding carboxylic acids is 2. The minimum Gasteiger partial charge on any atom is -0.380 e. The maximum atomic E-state index is 13.4. The Labute approximate surface area is 223 Å². The Kier molecular flexibility index (Phi) is 6.84. The number of amides is 2. The minimum absolute atomic E-state index is 0.000199. The molecule has 0 spiro atoms. The third kappa shape index (κ3) is 5.49. The Bertz CT molecular complexity index is 1780. The van der Waals surface area contributed by atoms with Crippen LogP contribution in [0.3, 0.4) is 0 Å². The summed E-state index contributed by atoms with van der Waals surface area (Å²) in [7, 11) is -3.92. The van der Waals surface area contributed by atoms with Crippen LogP contribution in [0, 0.1) is 0 Å². The highest BCUT2D eigenvalue weighted by Crippen LogP contribution is 2.28. The molecule has 5 rings (SSSR count). The van der Waals surface area contributed by atoms with Crippen molar-refractivity contribution in [1.82, 2.24) is 10.5 Å². The van der Waals surface area contributed by atoms with Crippen LogP contribution in [0.4, 0.5) is 11.5 Å². The zero-order valence-electron chi connectivity index (χ0n) is 20.4.